The van der Waals surface area contributed by atoms with Crippen LogP contribution >= 0.6 is 0 Å². The van der Waals surface area contributed by atoms with Crippen LogP contribution in [0.5, 0.6) is 0 Å². The van der Waals surface area contributed by atoms with Crippen LogP contribution in [0.2, 0.25) is 0 Å². The Labute approximate surface area is 602 Å². The lowest BCUT2D eigenvalue weighted by atomic mass is 10.0. The van der Waals surface area contributed by atoms with Gasteiger partial charge in [-0.2, -0.15) is 0 Å². The summed E-state index contributed by atoms with van der Waals surface area (Å²) in [6.07, 6.45) is 113. The van der Waals surface area contributed by atoms with Crippen LogP contribution in [-0.2, 0) is 14.3 Å². The number of carbonyl (C=O) groups is 2. The number of allylic oxidation sites excluding steroid dienone is 5. The van der Waals surface area contributed by atoms with Gasteiger partial charge in [0.1, 0.15) is 0 Å². The van der Waals surface area contributed by atoms with Gasteiger partial charge in [-0.05, 0) is 64.2 Å². The van der Waals surface area contributed by atoms with E-state index in [2.05, 4.69) is 43.5 Å². The van der Waals surface area contributed by atoms with Gasteiger partial charge in [0.05, 0.1) is 25.4 Å². The number of rotatable bonds is 84. The van der Waals surface area contributed by atoms with Gasteiger partial charge >= 0.3 is 5.97 Å². The van der Waals surface area contributed by atoms with E-state index in [9.17, 15) is 19.8 Å². The third-order valence-electron chi connectivity index (χ3n) is 20.9. The maximum Gasteiger partial charge on any atom is 0.305 e. The summed E-state index contributed by atoms with van der Waals surface area (Å²) in [6.45, 7) is 4.97. The van der Waals surface area contributed by atoms with Crippen LogP contribution in [0.4, 0.5) is 0 Å². The number of carbonyl (C=O) groups excluding carboxylic acids is 2. The first-order valence-corrected chi connectivity index (χ1v) is 44.3. The van der Waals surface area contributed by atoms with E-state index in [0.717, 1.165) is 44.9 Å². The van der Waals surface area contributed by atoms with E-state index in [4.69, 9.17) is 4.74 Å². The van der Waals surface area contributed by atoms with Crippen LogP contribution in [0, 0.1) is 0 Å². The summed E-state index contributed by atoms with van der Waals surface area (Å²) in [5, 5.41) is 23.3. The van der Waals surface area contributed by atoms with E-state index < -0.39 is 12.1 Å². The fraction of sp³-hybridized carbons (Fsp3) is 0.911. The number of nitrogens with one attached hydrogen (secondary N) is 1. The number of hydrogen-bond donors (Lipinski definition) is 3. The minimum atomic E-state index is -0.844. The Kier molecular flexibility index (Phi) is 83.8. The normalized spacial score (nSPS) is 12.6. The van der Waals surface area contributed by atoms with Gasteiger partial charge in [0.25, 0.3) is 0 Å². The Morgan fingerprint density at radius 1 is 0.292 bits per heavy atom. The highest BCUT2D eigenvalue weighted by atomic mass is 16.5. The van der Waals surface area contributed by atoms with Gasteiger partial charge in [0, 0.05) is 12.8 Å². The second-order valence-corrected chi connectivity index (χ2v) is 30.6. The van der Waals surface area contributed by atoms with Gasteiger partial charge in [-0.1, -0.05) is 461 Å². The van der Waals surface area contributed by atoms with Gasteiger partial charge in [0.2, 0.25) is 5.91 Å². The molecule has 6 nitrogen and oxygen atoms in total. The third-order valence-corrected chi connectivity index (χ3v) is 20.9. The largest absolute Gasteiger partial charge is 0.466 e. The van der Waals surface area contributed by atoms with Crippen LogP contribution in [-0.4, -0.2) is 47.4 Å². The summed E-state index contributed by atoms with van der Waals surface area (Å²) in [5.41, 5.74) is 0. The van der Waals surface area contributed by atoms with Crippen LogP contribution in [0.25, 0.3) is 0 Å². The Morgan fingerprint density at radius 2 is 0.521 bits per heavy atom. The smallest absolute Gasteiger partial charge is 0.305 e. The molecule has 0 rings (SSSR count). The molecule has 0 saturated carbocycles. The monoisotopic (exact) mass is 1350 g/mol. The highest BCUT2D eigenvalue weighted by Crippen LogP contribution is 2.21. The van der Waals surface area contributed by atoms with Crippen molar-refractivity contribution in [1.29, 1.82) is 0 Å². The third kappa shape index (κ3) is 81.0. The van der Waals surface area contributed by atoms with E-state index in [0.29, 0.717) is 19.4 Å². The maximum atomic E-state index is 12.6. The second-order valence-electron chi connectivity index (χ2n) is 30.6. The van der Waals surface area contributed by atoms with Gasteiger partial charge in [-0.3, -0.25) is 9.59 Å². The van der Waals surface area contributed by atoms with Gasteiger partial charge < -0.3 is 20.3 Å². The first-order valence-electron chi connectivity index (χ1n) is 44.3. The summed E-state index contributed by atoms with van der Waals surface area (Å²) >= 11 is 0. The van der Waals surface area contributed by atoms with Gasteiger partial charge in [-0.25, -0.2) is 0 Å². The molecule has 2 unspecified atom stereocenters. The lowest BCUT2D eigenvalue weighted by molar-refractivity contribution is -0.143. The number of amides is 1. The van der Waals surface area contributed by atoms with Crippen LogP contribution in [0.15, 0.2) is 36.5 Å². The van der Waals surface area contributed by atoms with E-state index in [1.54, 1.807) is 6.08 Å². The highest BCUT2D eigenvalue weighted by molar-refractivity contribution is 5.76. The van der Waals surface area contributed by atoms with Crippen LogP contribution in [0.1, 0.15) is 502 Å². The molecule has 1 amide bonds. The van der Waals surface area contributed by atoms with E-state index >= 15 is 0 Å². The summed E-state index contributed by atoms with van der Waals surface area (Å²) in [7, 11) is 0. The van der Waals surface area contributed by atoms with Crippen molar-refractivity contribution >= 4 is 11.9 Å². The van der Waals surface area contributed by atoms with Crippen molar-refractivity contribution in [1.82, 2.24) is 5.32 Å². The molecule has 96 heavy (non-hydrogen) atoms. The quantitative estimate of drug-likeness (QED) is 0.0320. The SMILES string of the molecule is CCCCCCCCCCCCCCCCCCCCCCCCC/C=C/C(O)C(CO)NC(=O)CCCCCCCCCCCCCCCCCCC/C=C\C/C=C\CCCCCCCCCCCCCCCCCOC(=O)CCCCCCCCCCCCCCCCC. The fourth-order valence-corrected chi connectivity index (χ4v) is 14.2. The molecule has 0 radical (unpaired) electrons. The van der Waals surface area contributed by atoms with Crippen molar-refractivity contribution in [2.45, 2.75) is 514 Å². The van der Waals surface area contributed by atoms with Crippen molar-refractivity contribution in [2.75, 3.05) is 13.2 Å². The molecule has 0 aliphatic heterocycles. The molecule has 0 heterocycles. The summed E-state index contributed by atoms with van der Waals surface area (Å²) < 4.78 is 5.51. The Bertz CT molecular complexity index is 1560. The first-order chi connectivity index (χ1) is 47.5. The predicted molar refractivity (Wildman–Crippen MR) is 426 cm³/mol. The average Bonchev–Trinajstić information content (AvgIpc) is 2.67. The summed E-state index contributed by atoms with van der Waals surface area (Å²) in [5.74, 6) is -0.0351. The topological polar surface area (TPSA) is 95.9 Å². The molecule has 0 aliphatic rings. The minimum Gasteiger partial charge on any atom is -0.466 e. The molecule has 0 aromatic carbocycles. The van der Waals surface area contributed by atoms with E-state index in [1.165, 1.54) is 430 Å². The van der Waals surface area contributed by atoms with Crippen LogP contribution < -0.4 is 5.32 Å². The summed E-state index contributed by atoms with van der Waals surface area (Å²) in [4.78, 5) is 24.7. The molecule has 0 aromatic heterocycles. The predicted octanol–water partition coefficient (Wildman–Crippen LogP) is 29.7. The molecule has 0 aliphatic carbocycles. The van der Waals surface area contributed by atoms with Crippen molar-refractivity contribution in [3.63, 3.8) is 0 Å². The number of aliphatic hydroxyl groups is 2. The fourth-order valence-electron chi connectivity index (χ4n) is 14.2. The van der Waals surface area contributed by atoms with Crippen LogP contribution in [0.3, 0.4) is 0 Å². The number of ether oxygens (including phenoxy) is 1. The number of aliphatic hydroxyl groups excluding tert-OH is 2. The second kappa shape index (κ2) is 85.5. The Hall–Kier alpha value is -1.92. The number of hydrogen-bond acceptors (Lipinski definition) is 5. The van der Waals surface area contributed by atoms with Crippen molar-refractivity contribution in [3.8, 4) is 0 Å². The van der Waals surface area contributed by atoms with Crippen molar-refractivity contribution in [3.05, 3.63) is 36.5 Å². The molecule has 0 spiro atoms. The van der Waals surface area contributed by atoms with Crippen molar-refractivity contribution in [2.24, 2.45) is 0 Å². The van der Waals surface area contributed by atoms with Gasteiger partial charge in [-0.15, -0.1) is 0 Å². The molecular formula is C90H173NO5. The van der Waals surface area contributed by atoms with Crippen molar-refractivity contribution < 1.29 is 24.5 Å². The molecule has 0 fully saturated rings. The minimum absolute atomic E-state index is 0.0241. The van der Waals surface area contributed by atoms with Gasteiger partial charge in [0.15, 0.2) is 0 Å². The first kappa shape index (κ1) is 94.1. The summed E-state index contributed by atoms with van der Waals surface area (Å²) in [6, 6.07) is -0.627. The standard InChI is InChI=1S/C90H173NO5/c1-3-5-7-9-11-13-15-17-19-20-21-22-23-39-42-45-48-51-55-58-62-66-70-74-78-82-88(93)87(86-92)91-89(94)83-79-75-71-67-63-59-56-52-49-46-43-40-37-35-33-31-29-27-25-24-26-28-30-32-34-36-38-41-44-47-50-53-57-61-65-69-73-77-81-85-96-90(95)84-80-76-72-68-64-60-54-18-16-14-12-10-8-6-4-2/h24-25,28,30,78,82,87-88,92-93H,3-23,26-27,29,31-77,79-81,83-86H2,1-2H3,(H,91,94)/b25-24-,30-28-,82-78+. The Morgan fingerprint density at radius 3 is 0.792 bits per heavy atom. The van der Waals surface area contributed by atoms with E-state index in [-0.39, 0.29) is 18.5 Å². The zero-order valence-electron chi connectivity index (χ0n) is 65.4. The molecule has 2 atom stereocenters. The molecule has 6 heteroatoms. The molecule has 0 aromatic rings. The molecule has 568 valence electrons. The number of esters is 1. The van der Waals surface area contributed by atoms with E-state index in [1.807, 2.05) is 6.08 Å². The zero-order chi connectivity index (χ0) is 69.1. The highest BCUT2D eigenvalue weighted by Gasteiger charge is 2.18. The molecule has 0 saturated heterocycles. The lowest BCUT2D eigenvalue weighted by Gasteiger charge is -2.20. The maximum absolute atomic E-state index is 12.6. The Balaban J connectivity index is 3.37. The molecule has 3 N–H and O–H groups in total. The average molecular weight is 1350 g/mol. The lowest BCUT2D eigenvalue weighted by Crippen LogP contribution is -2.45. The zero-order valence-corrected chi connectivity index (χ0v) is 65.4. The number of unbranched alkanes of at least 4 members (excludes halogenated alkanes) is 69. The molecule has 0 bridgehead atoms. The molecular weight excluding hydrogens is 1170 g/mol.